The fraction of sp³-hybridized carbons (Fsp3) is 0.600. The number of rotatable bonds is 7. The van der Waals surface area contributed by atoms with Crippen LogP contribution in [0.4, 0.5) is 5.69 Å². The van der Waals surface area contributed by atoms with Crippen molar-refractivity contribution in [2.24, 2.45) is 0 Å². The van der Waals surface area contributed by atoms with Crippen LogP contribution in [-0.2, 0) is 11.3 Å². The molecule has 0 saturated heterocycles. The SMILES string of the molecule is COCC(C)N(C)c1ccccc1CNC1CC1. The first kappa shape index (κ1) is 13.4. The Balaban J connectivity index is 2.04. The number of benzene rings is 1. The predicted octanol–water partition coefficient (Wildman–Crippen LogP) is 2.41. The average Bonchev–Trinajstić information content (AvgIpc) is 3.20. The second-order valence-corrected chi connectivity index (χ2v) is 5.20. The number of methoxy groups -OCH3 is 1. The molecule has 3 nitrogen and oxygen atoms in total. The third-order valence-electron chi connectivity index (χ3n) is 3.60. The number of likely N-dealkylation sites (N-methyl/N-ethyl adjacent to an activating group) is 1. The van der Waals surface area contributed by atoms with Crippen LogP contribution in [0.15, 0.2) is 24.3 Å². The van der Waals surface area contributed by atoms with Crippen molar-refractivity contribution in [2.45, 2.75) is 38.4 Å². The van der Waals surface area contributed by atoms with Crippen LogP contribution in [0.1, 0.15) is 25.3 Å². The lowest BCUT2D eigenvalue weighted by Crippen LogP contribution is -2.33. The number of para-hydroxylation sites is 1. The average molecular weight is 248 g/mol. The van der Waals surface area contributed by atoms with Gasteiger partial charge in [-0.25, -0.2) is 0 Å². The highest BCUT2D eigenvalue weighted by Gasteiger charge is 2.21. The van der Waals surface area contributed by atoms with Crippen molar-refractivity contribution in [1.29, 1.82) is 0 Å². The third-order valence-corrected chi connectivity index (χ3v) is 3.60. The second kappa shape index (κ2) is 6.21. The summed E-state index contributed by atoms with van der Waals surface area (Å²) in [6, 6.07) is 9.75. The lowest BCUT2D eigenvalue weighted by molar-refractivity contribution is 0.183. The summed E-state index contributed by atoms with van der Waals surface area (Å²) in [5.41, 5.74) is 2.67. The van der Waals surface area contributed by atoms with Gasteiger partial charge in [0.25, 0.3) is 0 Å². The van der Waals surface area contributed by atoms with Gasteiger partial charge in [0, 0.05) is 38.5 Å². The first-order valence-corrected chi connectivity index (χ1v) is 6.75. The van der Waals surface area contributed by atoms with Crippen molar-refractivity contribution in [3.05, 3.63) is 29.8 Å². The number of nitrogens with one attached hydrogen (secondary N) is 1. The summed E-state index contributed by atoms with van der Waals surface area (Å²) in [4.78, 5) is 2.30. The Hall–Kier alpha value is -1.06. The largest absolute Gasteiger partial charge is 0.383 e. The van der Waals surface area contributed by atoms with Crippen LogP contribution >= 0.6 is 0 Å². The zero-order valence-electron chi connectivity index (χ0n) is 11.6. The Morgan fingerprint density at radius 2 is 2.11 bits per heavy atom. The molecular weight excluding hydrogens is 224 g/mol. The fourth-order valence-corrected chi connectivity index (χ4v) is 2.14. The Labute approximate surface area is 110 Å². The van der Waals surface area contributed by atoms with Crippen LogP contribution in [0.5, 0.6) is 0 Å². The minimum absolute atomic E-state index is 0.386. The van der Waals surface area contributed by atoms with Crippen molar-refractivity contribution in [3.8, 4) is 0 Å². The molecule has 1 saturated carbocycles. The molecule has 1 aromatic carbocycles. The molecule has 0 aromatic heterocycles. The summed E-state index contributed by atoms with van der Waals surface area (Å²) in [5.74, 6) is 0. The highest BCUT2D eigenvalue weighted by molar-refractivity contribution is 5.53. The van der Waals surface area contributed by atoms with Crippen molar-refractivity contribution in [3.63, 3.8) is 0 Å². The lowest BCUT2D eigenvalue weighted by atomic mass is 10.1. The van der Waals surface area contributed by atoms with Crippen LogP contribution in [-0.4, -0.2) is 32.8 Å². The van der Waals surface area contributed by atoms with Crippen molar-refractivity contribution >= 4 is 5.69 Å². The van der Waals surface area contributed by atoms with E-state index < -0.39 is 0 Å². The van der Waals surface area contributed by atoms with E-state index in [1.807, 2.05) is 0 Å². The van der Waals surface area contributed by atoms with Crippen LogP contribution in [0.3, 0.4) is 0 Å². The summed E-state index contributed by atoms with van der Waals surface area (Å²) >= 11 is 0. The number of anilines is 1. The molecule has 0 aliphatic heterocycles. The molecule has 1 aromatic rings. The molecule has 0 spiro atoms. The quantitative estimate of drug-likeness (QED) is 0.802. The van der Waals surface area contributed by atoms with E-state index in [0.717, 1.165) is 19.2 Å². The van der Waals surface area contributed by atoms with Crippen molar-refractivity contribution in [1.82, 2.24) is 5.32 Å². The molecule has 1 aliphatic rings. The molecule has 1 aliphatic carbocycles. The van der Waals surface area contributed by atoms with Gasteiger partial charge >= 0.3 is 0 Å². The molecular formula is C15H24N2O. The monoisotopic (exact) mass is 248 g/mol. The van der Waals surface area contributed by atoms with Gasteiger partial charge in [-0.1, -0.05) is 18.2 Å². The second-order valence-electron chi connectivity index (χ2n) is 5.20. The fourth-order valence-electron chi connectivity index (χ4n) is 2.14. The Morgan fingerprint density at radius 1 is 1.39 bits per heavy atom. The van der Waals surface area contributed by atoms with Crippen LogP contribution in [0.25, 0.3) is 0 Å². The summed E-state index contributed by atoms with van der Waals surface area (Å²) in [7, 11) is 3.89. The maximum Gasteiger partial charge on any atom is 0.0663 e. The van der Waals surface area contributed by atoms with Gasteiger partial charge in [0.1, 0.15) is 0 Å². The third kappa shape index (κ3) is 3.47. The molecule has 0 heterocycles. The molecule has 1 atom stereocenters. The summed E-state index contributed by atoms with van der Waals surface area (Å²) in [6.45, 7) is 3.90. The maximum absolute atomic E-state index is 5.24. The van der Waals surface area contributed by atoms with Crippen LogP contribution in [0.2, 0.25) is 0 Å². The standard InChI is InChI=1S/C15H24N2O/c1-12(11-18-3)17(2)15-7-5-4-6-13(15)10-16-14-8-9-14/h4-7,12,14,16H,8-11H2,1-3H3. The molecule has 0 amide bonds. The van der Waals surface area contributed by atoms with Gasteiger partial charge in [0.15, 0.2) is 0 Å². The van der Waals surface area contributed by atoms with E-state index in [2.05, 4.69) is 48.5 Å². The van der Waals surface area contributed by atoms with E-state index in [-0.39, 0.29) is 0 Å². The van der Waals surface area contributed by atoms with Crippen molar-refractivity contribution in [2.75, 3.05) is 25.7 Å². The normalized spacial score (nSPS) is 16.6. The first-order valence-electron chi connectivity index (χ1n) is 6.75. The first-order chi connectivity index (χ1) is 8.72. The lowest BCUT2D eigenvalue weighted by Gasteiger charge is -2.28. The Morgan fingerprint density at radius 3 is 2.78 bits per heavy atom. The van der Waals surface area contributed by atoms with E-state index in [1.165, 1.54) is 24.1 Å². The number of hydrogen-bond acceptors (Lipinski definition) is 3. The van der Waals surface area contributed by atoms with Crippen LogP contribution < -0.4 is 10.2 Å². The zero-order valence-corrected chi connectivity index (χ0v) is 11.6. The van der Waals surface area contributed by atoms with E-state index in [1.54, 1.807) is 7.11 Å². The molecule has 1 fully saturated rings. The summed E-state index contributed by atoms with van der Waals surface area (Å²) < 4.78 is 5.24. The van der Waals surface area contributed by atoms with Gasteiger partial charge in [0.05, 0.1) is 6.61 Å². The molecule has 18 heavy (non-hydrogen) atoms. The zero-order chi connectivity index (χ0) is 13.0. The van der Waals surface area contributed by atoms with Gasteiger partial charge in [-0.05, 0) is 31.4 Å². The highest BCUT2D eigenvalue weighted by Crippen LogP contribution is 2.24. The van der Waals surface area contributed by atoms with Gasteiger partial charge in [0.2, 0.25) is 0 Å². The van der Waals surface area contributed by atoms with E-state index in [4.69, 9.17) is 4.74 Å². The Bertz CT molecular complexity index is 377. The van der Waals surface area contributed by atoms with E-state index >= 15 is 0 Å². The molecule has 1 N–H and O–H groups in total. The minimum atomic E-state index is 0.386. The van der Waals surface area contributed by atoms with E-state index in [9.17, 15) is 0 Å². The summed E-state index contributed by atoms with van der Waals surface area (Å²) in [6.07, 6.45) is 2.66. The predicted molar refractivity (Wildman–Crippen MR) is 76.0 cm³/mol. The van der Waals surface area contributed by atoms with Crippen molar-refractivity contribution < 1.29 is 4.74 Å². The van der Waals surface area contributed by atoms with Gasteiger partial charge in [-0.3, -0.25) is 0 Å². The molecule has 0 bridgehead atoms. The highest BCUT2D eigenvalue weighted by atomic mass is 16.5. The van der Waals surface area contributed by atoms with E-state index in [0.29, 0.717) is 6.04 Å². The smallest absolute Gasteiger partial charge is 0.0663 e. The molecule has 3 heteroatoms. The topological polar surface area (TPSA) is 24.5 Å². The van der Waals surface area contributed by atoms with Gasteiger partial charge in [-0.2, -0.15) is 0 Å². The molecule has 0 radical (unpaired) electrons. The number of nitrogens with zero attached hydrogens (tertiary/aromatic N) is 1. The Kier molecular flexibility index (Phi) is 4.61. The molecule has 2 rings (SSSR count). The van der Waals surface area contributed by atoms with Gasteiger partial charge in [-0.15, -0.1) is 0 Å². The molecule has 1 unspecified atom stereocenters. The molecule has 100 valence electrons. The number of ether oxygens (including phenoxy) is 1. The minimum Gasteiger partial charge on any atom is -0.383 e. The number of hydrogen-bond donors (Lipinski definition) is 1. The summed E-state index contributed by atoms with van der Waals surface area (Å²) in [5, 5.41) is 3.58. The van der Waals surface area contributed by atoms with Crippen LogP contribution in [0, 0.1) is 0 Å². The maximum atomic E-state index is 5.24. The van der Waals surface area contributed by atoms with Gasteiger partial charge < -0.3 is 15.0 Å².